The Morgan fingerprint density at radius 3 is 1.91 bits per heavy atom. The summed E-state index contributed by atoms with van der Waals surface area (Å²) in [5.74, 6) is -1.60. The van der Waals surface area contributed by atoms with Gasteiger partial charge in [0.15, 0.2) is 15.6 Å². The summed E-state index contributed by atoms with van der Waals surface area (Å²) in [6.07, 6.45) is 0. The van der Waals surface area contributed by atoms with Gasteiger partial charge in [-0.05, 0) is 67.1 Å². The number of rotatable bonds is 11. The average molecular weight is 730 g/mol. The van der Waals surface area contributed by atoms with Crippen LogP contribution in [0.25, 0.3) is 10.8 Å². The monoisotopic (exact) mass is 729 g/mol. The Balaban J connectivity index is 1.76. The first-order chi connectivity index (χ1) is 21.7. The highest BCUT2D eigenvalue weighted by molar-refractivity contribution is 7.91. The second-order valence-electron chi connectivity index (χ2n) is 9.55. The number of anilines is 1. The van der Waals surface area contributed by atoms with Gasteiger partial charge in [0.2, 0.25) is 0 Å². The van der Waals surface area contributed by atoms with Crippen molar-refractivity contribution in [3.8, 4) is 5.75 Å². The lowest BCUT2D eigenvalue weighted by molar-refractivity contribution is 0.284. The standard InChI is InChI=1S/C25H23N5O13S4/c1-14-2-9-20(21(12-14)45(34,35)36)28-29-23-18-13-22(46(37,38)39)24(25(31)17(18)7-8-19(23)26)30-27-15-3-5-16(6-4-15)44(32,33)11-10-43-47(40,41)42/h2-9,12-13,31H,10-11,26H2,1H3,(H,34,35,36)(H,37,38,39)(H,40,41,42). The van der Waals surface area contributed by atoms with Crippen LogP contribution in [-0.4, -0.2) is 64.8 Å². The van der Waals surface area contributed by atoms with Crippen molar-refractivity contribution in [1.82, 2.24) is 0 Å². The zero-order valence-electron chi connectivity index (χ0n) is 23.7. The predicted octanol–water partition coefficient (Wildman–Crippen LogP) is 4.35. The first-order valence-electron chi connectivity index (χ1n) is 12.6. The number of azo groups is 2. The fourth-order valence-electron chi connectivity index (χ4n) is 4.04. The maximum atomic E-state index is 12.4. The molecule has 0 bridgehead atoms. The predicted molar refractivity (Wildman–Crippen MR) is 165 cm³/mol. The third-order valence-electron chi connectivity index (χ3n) is 6.21. The third-order valence-corrected chi connectivity index (χ3v) is 10.1. The van der Waals surface area contributed by atoms with Gasteiger partial charge in [-0.15, -0.1) is 15.3 Å². The number of aromatic hydroxyl groups is 1. The molecule has 18 nitrogen and oxygen atoms in total. The molecule has 250 valence electrons. The van der Waals surface area contributed by atoms with E-state index in [2.05, 4.69) is 24.6 Å². The van der Waals surface area contributed by atoms with Crippen molar-refractivity contribution in [3.63, 3.8) is 0 Å². The van der Waals surface area contributed by atoms with E-state index >= 15 is 0 Å². The molecule has 0 unspecified atom stereocenters. The van der Waals surface area contributed by atoms with Crippen LogP contribution >= 0.6 is 0 Å². The molecule has 22 heteroatoms. The molecule has 4 rings (SSSR count). The van der Waals surface area contributed by atoms with E-state index in [1.165, 1.54) is 24.3 Å². The minimum absolute atomic E-state index is 0.0431. The Morgan fingerprint density at radius 1 is 0.702 bits per heavy atom. The van der Waals surface area contributed by atoms with Crippen molar-refractivity contribution in [2.75, 3.05) is 18.1 Å². The number of phenolic OH excluding ortho intramolecular Hbond substituents is 1. The van der Waals surface area contributed by atoms with Crippen molar-refractivity contribution in [2.24, 2.45) is 20.5 Å². The Bertz CT molecular complexity index is 2400. The fraction of sp³-hybridized carbons (Fsp3) is 0.120. The Kier molecular flexibility index (Phi) is 9.80. The molecule has 0 radical (unpaired) electrons. The number of benzene rings is 4. The van der Waals surface area contributed by atoms with Crippen LogP contribution < -0.4 is 5.73 Å². The van der Waals surface area contributed by atoms with E-state index in [1.54, 1.807) is 6.92 Å². The number of sulfone groups is 1. The highest BCUT2D eigenvalue weighted by atomic mass is 32.3. The van der Waals surface area contributed by atoms with E-state index < -0.39 is 74.1 Å². The zero-order chi connectivity index (χ0) is 34.9. The number of hydrogen-bond acceptors (Lipinski definition) is 15. The first kappa shape index (κ1) is 35.4. The van der Waals surface area contributed by atoms with E-state index in [0.717, 1.165) is 36.4 Å². The molecule has 0 heterocycles. The van der Waals surface area contributed by atoms with E-state index in [-0.39, 0.29) is 38.4 Å². The molecule has 0 amide bonds. The summed E-state index contributed by atoms with van der Waals surface area (Å²) >= 11 is 0. The summed E-state index contributed by atoms with van der Waals surface area (Å²) in [5.41, 5.74) is 5.11. The first-order valence-corrected chi connectivity index (χ1v) is 18.5. The van der Waals surface area contributed by atoms with Crippen LogP contribution in [0.4, 0.5) is 28.4 Å². The van der Waals surface area contributed by atoms with Crippen molar-refractivity contribution in [3.05, 3.63) is 66.2 Å². The SMILES string of the molecule is Cc1ccc(N=Nc2c(N)ccc3c(O)c(N=Nc4ccc(S(=O)(=O)CCOS(=O)(=O)O)cc4)c(S(=O)(=O)O)cc23)c(S(=O)(=O)O)c1. The normalized spacial score (nSPS) is 13.2. The van der Waals surface area contributed by atoms with Gasteiger partial charge in [-0.25, -0.2) is 12.6 Å². The molecule has 0 aliphatic carbocycles. The molecule has 6 N–H and O–H groups in total. The van der Waals surface area contributed by atoms with Crippen LogP contribution in [0.3, 0.4) is 0 Å². The lowest BCUT2D eigenvalue weighted by Crippen LogP contribution is -2.15. The molecule has 4 aromatic rings. The summed E-state index contributed by atoms with van der Waals surface area (Å²) < 4.78 is 127. The van der Waals surface area contributed by atoms with Crippen molar-refractivity contribution in [1.29, 1.82) is 0 Å². The van der Waals surface area contributed by atoms with Gasteiger partial charge in [0.25, 0.3) is 20.2 Å². The maximum Gasteiger partial charge on any atom is 0.397 e. The van der Waals surface area contributed by atoms with Crippen LogP contribution in [0.1, 0.15) is 5.56 Å². The van der Waals surface area contributed by atoms with E-state index in [9.17, 15) is 47.9 Å². The quantitative estimate of drug-likeness (QED) is 0.0814. The summed E-state index contributed by atoms with van der Waals surface area (Å²) in [4.78, 5) is -1.79. The molecular formula is C25H23N5O13S4. The lowest BCUT2D eigenvalue weighted by Gasteiger charge is -2.11. The lowest BCUT2D eigenvalue weighted by atomic mass is 10.1. The van der Waals surface area contributed by atoms with E-state index in [0.29, 0.717) is 5.56 Å². The maximum absolute atomic E-state index is 12.4. The topological polar surface area (TPSA) is 302 Å². The van der Waals surface area contributed by atoms with Gasteiger partial charge in [-0.1, -0.05) is 6.07 Å². The molecule has 0 spiro atoms. The number of phenols is 1. The Labute approximate surface area is 267 Å². The molecule has 47 heavy (non-hydrogen) atoms. The van der Waals surface area contributed by atoms with Gasteiger partial charge >= 0.3 is 10.4 Å². The zero-order valence-corrected chi connectivity index (χ0v) is 26.9. The minimum atomic E-state index is -5.12. The van der Waals surface area contributed by atoms with Crippen molar-refractivity contribution in [2.45, 2.75) is 21.6 Å². The second-order valence-corrected chi connectivity index (χ2v) is 15.5. The van der Waals surface area contributed by atoms with Crippen molar-refractivity contribution < 1.29 is 56.6 Å². The second kappa shape index (κ2) is 13.0. The number of nitrogens with two attached hydrogens (primary N) is 1. The van der Waals surface area contributed by atoms with Crippen LogP contribution in [0, 0.1) is 6.92 Å². The number of nitrogens with zero attached hydrogens (tertiary/aromatic N) is 4. The molecule has 0 fully saturated rings. The van der Waals surface area contributed by atoms with Gasteiger partial charge in [0.1, 0.15) is 26.9 Å². The minimum Gasteiger partial charge on any atom is -0.505 e. The van der Waals surface area contributed by atoms with Gasteiger partial charge in [-0.3, -0.25) is 13.7 Å². The number of hydrogen-bond donors (Lipinski definition) is 5. The molecule has 4 aromatic carbocycles. The number of nitrogen functional groups attached to an aromatic ring is 1. The molecule has 0 aliphatic rings. The largest absolute Gasteiger partial charge is 0.505 e. The molecular weight excluding hydrogens is 707 g/mol. The number of aryl methyl sites for hydroxylation is 1. The molecule has 0 saturated heterocycles. The van der Waals surface area contributed by atoms with Crippen LogP contribution in [0.5, 0.6) is 5.75 Å². The summed E-state index contributed by atoms with van der Waals surface area (Å²) in [6, 6.07) is 11.7. The Hall–Kier alpha value is -4.42. The van der Waals surface area contributed by atoms with Gasteiger partial charge in [0.05, 0.1) is 28.6 Å². The summed E-state index contributed by atoms with van der Waals surface area (Å²) in [7, 11) is -18.7. The summed E-state index contributed by atoms with van der Waals surface area (Å²) in [5, 5.41) is 26.1. The summed E-state index contributed by atoms with van der Waals surface area (Å²) in [6.45, 7) is 0.719. The highest BCUT2D eigenvalue weighted by Gasteiger charge is 2.24. The third kappa shape index (κ3) is 8.49. The average Bonchev–Trinajstić information content (AvgIpc) is 2.95. The van der Waals surface area contributed by atoms with Crippen molar-refractivity contribution >= 4 is 79.7 Å². The Morgan fingerprint density at radius 2 is 1.32 bits per heavy atom. The molecule has 0 atom stereocenters. The van der Waals surface area contributed by atoms with E-state index in [1.807, 2.05) is 0 Å². The van der Waals surface area contributed by atoms with Gasteiger partial charge in [0, 0.05) is 10.8 Å². The molecule has 0 aliphatic heterocycles. The van der Waals surface area contributed by atoms with Crippen LogP contribution in [0.15, 0.2) is 95.8 Å². The highest BCUT2D eigenvalue weighted by Crippen LogP contribution is 2.46. The fourth-order valence-corrected chi connectivity index (χ4v) is 6.88. The number of fused-ring (bicyclic) bond motifs is 1. The molecule has 0 aromatic heterocycles. The van der Waals surface area contributed by atoms with Gasteiger partial charge in [-0.2, -0.15) is 30.4 Å². The van der Waals surface area contributed by atoms with Gasteiger partial charge < -0.3 is 10.8 Å². The van der Waals surface area contributed by atoms with Crippen LogP contribution in [0.2, 0.25) is 0 Å². The van der Waals surface area contributed by atoms with Crippen LogP contribution in [-0.2, 0) is 44.7 Å². The van der Waals surface area contributed by atoms with E-state index in [4.69, 9.17) is 10.3 Å². The smallest absolute Gasteiger partial charge is 0.397 e. The molecule has 0 saturated carbocycles.